The van der Waals surface area contributed by atoms with Crippen molar-refractivity contribution in [1.29, 1.82) is 0 Å². The minimum atomic E-state index is 0. The van der Waals surface area contributed by atoms with Crippen molar-refractivity contribution in [2.45, 2.75) is 13.1 Å². The van der Waals surface area contributed by atoms with E-state index in [9.17, 15) is 0 Å². The van der Waals surface area contributed by atoms with Gasteiger partial charge in [-0.1, -0.05) is 24.3 Å². The minimum Gasteiger partial charge on any atom is -0.370 e. The molecule has 0 amide bonds. The standard InChI is InChI=1S/C18H29N5S.HI/c1-21-6-8-22(9-7-21)15-17-4-2-16(3-5-17)14-20-18(19)23-10-12-24-13-11-23;/h2-5H,6-15H2,1H3,(H2,19,20);1H. The summed E-state index contributed by atoms with van der Waals surface area (Å²) in [5.74, 6) is 2.99. The fourth-order valence-corrected chi connectivity index (χ4v) is 3.98. The van der Waals surface area contributed by atoms with Gasteiger partial charge in [0.1, 0.15) is 0 Å². The maximum atomic E-state index is 6.12. The van der Waals surface area contributed by atoms with Crippen LogP contribution < -0.4 is 5.73 Å². The molecule has 2 N–H and O–H groups in total. The summed E-state index contributed by atoms with van der Waals surface area (Å²) in [4.78, 5) is 11.7. The van der Waals surface area contributed by atoms with Gasteiger partial charge in [0, 0.05) is 57.3 Å². The number of halogens is 1. The van der Waals surface area contributed by atoms with Crippen LogP contribution >= 0.6 is 35.7 Å². The van der Waals surface area contributed by atoms with Gasteiger partial charge in [-0.2, -0.15) is 11.8 Å². The summed E-state index contributed by atoms with van der Waals surface area (Å²) in [5.41, 5.74) is 8.73. The van der Waals surface area contributed by atoms with Crippen molar-refractivity contribution in [3.05, 3.63) is 35.4 Å². The summed E-state index contributed by atoms with van der Waals surface area (Å²) in [5, 5.41) is 0. The van der Waals surface area contributed by atoms with Gasteiger partial charge in [-0.05, 0) is 18.2 Å². The SMILES string of the molecule is CN1CCN(Cc2ccc(CN=C(N)N3CCSCC3)cc2)CC1.I. The topological polar surface area (TPSA) is 48.1 Å². The van der Waals surface area contributed by atoms with Crippen LogP contribution in [0.4, 0.5) is 0 Å². The molecular formula is C18H30IN5S. The summed E-state index contributed by atoms with van der Waals surface area (Å²) >= 11 is 1.99. The van der Waals surface area contributed by atoms with Crippen molar-refractivity contribution in [3.8, 4) is 0 Å². The van der Waals surface area contributed by atoms with Crippen LogP contribution in [0.5, 0.6) is 0 Å². The van der Waals surface area contributed by atoms with Crippen molar-refractivity contribution in [2.24, 2.45) is 10.7 Å². The molecule has 2 aliphatic rings. The summed E-state index contributed by atoms with van der Waals surface area (Å²) in [6.45, 7) is 8.41. The molecule has 2 aliphatic heterocycles. The Morgan fingerprint density at radius 1 is 1.00 bits per heavy atom. The van der Waals surface area contributed by atoms with E-state index in [2.05, 4.69) is 51.0 Å². The molecule has 2 saturated heterocycles. The molecule has 1 aromatic carbocycles. The number of rotatable bonds is 4. The molecule has 7 heteroatoms. The van der Waals surface area contributed by atoms with E-state index in [0.29, 0.717) is 12.5 Å². The van der Waals surface area contributed by atoms with E-state index in [1.165, 1.54) is 24.2 Å². The average molecular weight is 475 g/mol. The van der Waals surface area contributed by atoms with E-state index in [1.807, 2.05) is 11.8 Å². The second-order valence-electron chi connectivity index (χ2n) is 6.67. The second-order valence-corrected chi connectivity index (χ2v) is 7.89. The molecule has 0 atom stereocenters. The lowest BCUT2D eigenvalue weighted by atomic mass is 10.1. The summed E-state index contributed by atoms with van der Waals surface area (Å²) in [6, 6.07) is 8.84. The number of guanidine groups is 1. The smallest absolute Gasteiger partial charge is 0.191 e. The fourth-order valence-electron chi connectivity index (χ4n) is 3.08. The Labute approximate surface area is 173 Å². The number of benzene rings is 1. The van der Waals surface area contributed by atoms with E-state index >= 15 is 0 Å². The fraction of sp³-hybridized carbons (Fsp3) is 0.611. The van der Waals surface area contributed by atoms with Crippen LogP contribution in [0.25, 0.3) is 0 Å². The number of nitrogens with zero attached hydrogens (tertiary/aromatic N) is 4. The minimum absolute atomic E-state index is 0. The van der Waals surface area contributed by atoms with Crippen molar-refractivity contribution >= 4 is 41.7 Å². The van der Waals surface area contributed by atoms with Gasteiger partial charge in [0.2, 0.25) is 0 Å². The lowest BCUT2D eigenvalue weighted by Crippen LogP contribution is -2.43. The van der Waals surface area contributed by atoms with E-state index in [1.54, 1.807) is 0 Å². The van der Waals surface area contributed by atoms with Crippen LogP contribution in [0.1, 0.15) is 11.1 Å². The Balaban J connectivity index is 0.00000225. The van der Waals surface area contributed by atoms with Gasteiger partial charge in [-0.15, -0.1) is 24.0 Å². The summed E-state index contributed by atoms with van der Waals surface area (Å²) < 4.78 is 0. The Morgan fingerprint density at radius 2 is 1.60 bits per heavy atom. The molecule has 1 aromatic rings. The lowest BCUT2D eigenvalue weighted by Gasteiger charge is -2.32. The highest BCUT2D eigenvalue weighted by Gasteiger charge is 2.14. The number of thioether (sulfide) groups is 1. The van der Waals surface area contributed by atoms with E-state index in [0.717, 1.165) is 44.2 Å². The molecule has 25 heavy (non-hydrogen) atoms. The zero-order valence-corrected chi connectivity index (χ0v) is 18.2. The Morgan fingerprint density at radius 3 is 2.24 bits per heavy atom. The maximum absolute atomic E-state index is 6.12. The van der Waals surface area contributed by atoms with Gasteiger partial charge in [0.05, 0.1) is 6.54 Å². The molecule has 5 nitrogen and oxygen atoms in total. The van der Waals surface area contributed by atoms with Crippen LogP contribution in [0.15, 0.2) is 29.3 Å². The Kier molecular flexibility index (Phi) is 8.81. The van der Waals surface area contributed by atoms with Gasteiger partial charge in [-0.3, -0.25) is 4.90 Å². The van der Waals surface area contributed by atoms with Gasteiger partial charge < -0.3 is 15.5 Å². The van der Waals surface area contributed by atoms with Gasteiger partial charge in [0.25, 0.3) is 0 Å². The highest BCUT2D eigenvalue weighted by atomic mass is 127. The molecule has 0 aromatic heterocycles. The van der Waals surface area contributed by atoms with Gasteiger partial charge in [-0.25, -0.2) is 4.99 Å². The van der Waals surface area contributed by atoms with Crippen molar-refractivity contribution in [1.82, 2.24) is 14.7 Å². The van der Waals surface area contributed by atoms with Crippen molar-refractivity contribution in [2.75, 3.05) is 57.8 Å². The molecule has 0 saturated carbocycles. The van der Waals surface area contributed by atoms with Crippen LogP contribution in [0.2, 0.25) is 0 Å². The average Bonchev–Trinajstić information content (AvgIpc) is 2.63. The molecule has 2 fully saturated rings. The third-order valence-corrected chi connectivity index (χ3v) is 5.73. The normalized spacial score (nSPS) is 20.4. The number of piperazine rings is 1. The zero-order chi connectivity index (χ0) is 16.8. The summed E-state index contributed by atoms with van der Waals surface area (Å²) in [6.07, 6.45) is 0. The molecule has 0 radical (unpaired) electrons. The lowest BCUT2D eigenvalue weighted by molar-refractivity contribution is 0.148. The number of aliphatic imine (C=N–C) groups is 1. The number of hydrogen-bond acceptors (Lipinski definition) is 4. The predicted molar refractivity (Wildman–Crippen MR) is 119 cm³/mol. The predicted octanol–water partition coefficient (Wildman–Crippen LogP) is 1.92. The molecule has 0 spiro atoms. The van der Waals surface area contributed by atoms with Gasteiger partial charge in [0.15, 0.2) is 5.96 Å². The van der Waals surface area contributed by atoms with Gasteiger partial charge >= 0.3 is 0 Å². The molecule has 3 rings (SSSR count). The number of nitrogens with two attached hydrogens (primary N) is 1. The molecule has 140 valence electrons. The molecule has 2 heterocycles. The van der Waals surface area contributed by atoms with E-state index in [-0.39, 0.29) is 24.0 Å². The van der Waals surface area contributed by atoms with Crippen LogP contribution in [0.3, 0.4) is 0 Å². The third kappa shape index (κ3) is 6.62. The number of hydrogen-bond donors (Lipinski definition) is 1. The highest BCUT2D eigenvalue weighted by molar-refractivity contribution is 14.0. The first kappa shape index (κ1) is 20.8. The first-order chi connectivity index (χ1) is 11.7. The number of likely N-dealkylation sites (N-methyl/N-ethyl adjacent to an activating group) is 1. The van der Waals surface area contributed by atoms with Crippen molar-refractivity contribution in [3.63, 3.8) is 0 Å². The largest absolute Gasteiger partial charge is 0.370 e. The third-order valence-electron chi connectivity index (χ3n) is 4.78. The first-order valence-electron chi connectivity index (χ1n) is 8.82. The Hall–Kier alpha value is -0.510. The molecule has 0 unspecified atom stereocenters. The summed E-state index contributed by atoms with van der Waals surface area (Å²) in [7, 11) is 2.20. The van der Waals surface area contributed by atoms with Crippen LogP contribution in [-0.2, 0) is 13.1 Å². The molecule has 0 aliphatic carbocycles. The second kappa shape index (κ2) is 10.6. The van der Waals surface area contributed by atoms with E-state index in [4.69, 9.17) is 5.73 Å². The van der Waals surface area contributed by atoms with Crippen LogP contribution in [0, 0.1) is 0 Å². The monoisotopic (exact) mass is 475 g/mol. The highest BCUT2D eigenvalue weighted by Crippen LogP contribution is 2.12. The maximum Gasteiger partial charge on any atom is 0.191 e. The first-order valence-corrected chi connectivity index (χ1v) is 9.97. The van der Waals surface area contributed by atoms with E-state index < -0.39 is 0 Å². The van der Waals surface area contributed by atoms with Crippen LogP contribution in [-0.4, -0.2) is 78.5 Å². The quantitative estimate of drug-likeness (QED) is 0.410. The van der Waals surface area contributed by atoms with Crippen molar-refractivity contribution < 1.29 is 0 Å². The molecule has 0 bridgehead atoms. The Bertz CT molecular complexity index is 537. The zero-order valence-electron chi connectivity index (χ0n) is 15.1. The molecular weight excluding hydrogens is 445 g/mol.